The van der Waals surface area contributed by atoms with Crippen LogP contribution in [0, 0.1) is 12.5 Å². The zero-order valence-corrected chi connectivity index (χ0v) is 7.84. The van der Waals surface area contributed by atoms with Crippen LogP contribution in [0.4, 0.5) is 0 Å². The fraction of sp³-hybridized carbons (Fsp3) is 0.500. The van der Waals surface area contributed by atoms with Gasteiger partial charge in [0.2, 0.25) is 11.8 Å². The molecule has 12 heavy (non-hydrogen) atoms. The minimum Gasteiger partial charge on any atom is -0.359 e. The summed E-state index contributed by atoms with van der Waals surface area (Å²) in [5.41, 5.74) is 0. The summed E-state index contributed by atoms with van der Waals surface area (Å²) in [6.07, 6.45) is 4.83. The Bertz CT molecular complexity index is 194. The molecule has 0 fully saturated rings. The number of hydrogen-bond acceptors (Lipinski definition) is 2. The first kappa shape index (κ1) is 13.1. The van der Waals surface area contributed by atoms with Gasteiger partial charge in [-0.2, -0.15) is 0 Å². The lowest BCUT2D eigenvalue weighted by atomic mass is 10.6. The number of nitrogens with one attached hydrogen (secondary N) is 1. The predicted octanol–water partition coefficient (Wildman–Crippen LogP) is -0.192. The Kier molecular flexibility index (Phi) is 8.31. The van der Waals surface area contributed by atoms with Gasteiger partial charge in [-0.1, -0.05) is 6.42 Å². The minimum atomic E-state index is -0.109. The van der Waals surface area contributed by atoms with Gasteiger partial charge in [-0.3, -0.25) is 14.5 Å². The number of carbonyl (C=O) groups excluding carboxylic acids is 2. The summed E-state index contributed by atoms with van der Waals surface area (Å²) in [6.45, 7) is 2.89. The van der Waals surface area contributed by atoms with E-state index in [9.17, 15) is 9.59 Å². The first-order chi connectivity index (χ1) is 5.45. The van der Waals surface area contributed by atoms with Crippen molar-refractivity contribution in [3.63, 3.8) is 0 Å². The van der Waals surface area contributed by atoms with Crippen LogP contribution in [0.25, 0.3) is 0 Å². The van der Waals surface area contributed by atoms with Crippen LogP contribution in [0.5, 0.6) is 0 Å². The molecule has 0 bridgehead atoms. The molecule has 0 aliphatic heterocycles. The highest BCUT2D eigenvalue weighted by molar-refractivity contribution is 5.74. The maximum atomic E-state index is 10.2. The molecular weight excluding hydrogens is 156 g/mol. The molecule has 0 aromatic rings. The van der Waals surface area contributed by atoms with Crippen molar-refractivity contribution in [2.24, 2.45) is 0 Å². The van der Waals surface area contributed by atoms with Gasteiger partial charge in [0.25, 0.3) is 0 Å². The molecule has 68 valence electrons. The summed E-state index contributed by atoms with van der Waals surface area (Å²) in [6, 6.07) is 2.15. The Labute approximate surface area is 72.9 Å². The van der Waals surface area contributed by atoms with Gasteiger partial charge in [-0.25, -0.2) is 0 Å². The topological polar surface area (TPSA) is 49.4 Å². The smallest absolute Gasteiger partial charge is 0.230 e. The molecule has 0 rings (SSSR count). The lowest BCUT2D eigenvalue weighted by molar-refractivity contribution is -0.124. The zero-order chi connectivity index (χ0) is 10.1. The van der Waals surface area contributed by atoms with Gasteiger partial charge in [0, 0.05) is 34.0 Å². The van der Waals surface area contributed by atoms with Gasteiger partial charge in [0.15, 0.2) is 0 Å². The van der Waals surface area contributed by atoms with Gasteiger partial charge in [-0.15, -0.1) is 0 Å². The molecule has 0 heterocycles. The van der Waals surface area contributed by atoms with Crippen LogP contribution in [0.2, 0.25) is 0 Å². The maximum absolute atomic E-state index is 10.2. The summed E-state index contributed by atoms with van der Waals surface area (Å²) >= 11 is 0. The fourth-order valence-electron chi connectivity index (χ4n) is 0.0909. The molecule has 0 spiro atoms. The summed E-state index contributed by atoms with van der Waals surface area (Å²) in [5, 5.41) is 2.39. The summed E-state index contributed by atoms with van der Waals surface area (Å²) < 4.78 is 0. The van der Waals surface area contributed by atoms with Crippen LogP contribution in [-0.2, 0) is 9.59 Å². The van der Waals surface area contributed by atoms with Crippen molar-refractivity contribution in [1.82, 2.24) is 10.2 Å². The number of hydrogen-bond donors (Lipinski definition) is 1. The van der Waals surface area contributed by atoms with Crippen LogP contribution in [0.3, 0.4) is 0 Å². The SMILES string of the molecule is C#CN(C)C(C)=O.CNC(C)=O. The molecule has 0 aliphatic carbocycles. The fourth-order valence-corrected chi connectivity index (χ4v) is 0.0909. The molecule has 4 heteroatoms. The Morgan fingerprint density at radius 3 is 1.75 bits per heavy atom. The minimum absolute atomic E-state index is 0.00463. The highest BCUT2D eigenvalue weighted by Crippen LogP contribution is 1.74. The molecule has 0 saturated carbocycles. The standard InChI is InChI=1S/C5H7NO.C3H7NO/c1-4-6(3)5(2)7;1-3(5)4-2/h1H,2-3H3;1-2H3,(H,4,5). The molecule has 0 atom stereocenters. The highest BCUT2D eigenvalue weighted by atomic mass is 16.2. The lowest BCUT2D eigenvalue weighted by Crippen LogP contribution is -2.16. The van der Waals surface area contributed by atoms with E-state index in [0.29, 0.717) is 0 Å². The molecule has 4 nitrogen and oxygen atoms in total. The number of carbonyl (C=O) groups is 2. The quantitative estimate of drug-likeness (QED) is 0.404. The molecule has 0 saturated heterocycles. The third kappa shape index (κ3) is 11.3. The first-order valence-corrected chi connectivity index (χ1v) is 3.34. The van der Waals surface area contributed by atoms with Crippen molar-refractivity contribution in [3.05, 3.63) is 0 Å². The van der Waals surface area contributed by atoms with E-state index in [-0.39, 0.29) is 11.8 Å². The molecular formula is C8H14N2O2. The van der Waals surface area contributed by atoms with Gasteiger partial charge in [-0.05, 0) is 0 Å². The molecule has 0 unspecified atom stereocenters. The maximum Gasteiger partial charge on any atom is 0.230 e. The highest BCUT2D eigenvalue weighted by Gasteiger charge is 1.91. The average Bonchev–Trinajstić information content (AvgIpc) is 2.04. The summed E-state index contributed by atoms with van der Waals surface area (Å²) in [4.78, 5) is 21.0. The van der Waals surface area contributed by atoms with Crippen molar-refractivity contribution in [2.75, 3.05) is 14.1 Å². The number of rotatable bonds is 0. The monoisotopic (exact) mass is 170 g/mol. The number of terminal acetylenes is 1. The second-order valence-corrected chi connectivity index (χ2v) is 2.01. The van der Waals surface area contributed by atoms with Crippen LogP contribution < -0.4 is 5.32 Å². The van der Waals surface area contributed by atoms with Gasteiger partial charge >= 0.3 is 0 Å². The third-order valence-corrected chi connectivity index (χ3v) is 1.02. The van der Waals surface area contributed by atoms with E-state index in [2.05, 4.69) is 11.4 Å². The molecule has 2 amide bonds. The summed E-state index contributed by atoms with van der Waals surface area (Å²) in [7, 11) is 3.14. The van der Waals surface area contributed by atoms with E-state index in [4.69, 9.17) is 6.42 Å². The molecule has 1 N–H and O–H groups in total. The Hall–Kier alpha value is -1.50. The van der Waals surface area contributed by atoms with Crippen LogP contribution in [-0.4, -0.2) is 30.8 Å². The van der Waals surface area contributed by atoms with E-state index in [0.717, 1.165) is 0 Å². The van der Waals surface area contributed by atoms with Crippen molar-refractivity contribution >= 4 is 11.8 Å². The number of nitrogens with zero attached hydrogens (tertiary/aromatic N) is 1. The molecule has 0 aromatic heterocycles. The lowest BCUT2D eigenvalue weighted by Gasteiger charge is -2.00. The zero-order valence-electron chi connectivity index (χ0n) is 7.84. The van der Waals surface area contributed by atoms with Crippen LogP contribution in [0.15, 0.2) is 0 Å². The second kappa shape index (κ2) is 7.61. The van der Waals surface area contributed by atoms with E-state index in [1.807, 2.05) is 0 Å². The Balaban J connectivity index is 0. The van der Waals surface area contributed by atoms with E-state index < -0.39 is 0 Å². The summed E-state index contributed by atoms with van der Waals surface area (Å²) in [5.74, 6) is -0.104. The second-order valence-electron chi connectivity index (χ2n) is 2.01. The Morgan fingerprint density at radius 1 is 1.42 bits per heavy atom. The first-order valence-electron chi connectivity index (χ1n) is 3.34. The predicted molar refractivity (Wildman–Crippen MR) is 47.0 cm³/mol. The van der Waals surface area contributed by atoms with Gasteiger partial charge in [0.05, 0.1) is 0 Å². The number of amides is 2. The van der Waals surface area contributed by atoms with Crippen molar-refractivity contribution in [2.45, 2.75) is 13.8 Å². The molecule has 0 radical (unpaired) electrons. The van der Waals surface area contributed by atoms with E-state index in [1.54, 1.807) is 14.1 Å². The molecule has 0 aliphatic rings. The average molecular weight is 170 g/mol. The van der Waals surface area contributed by atoms with Crippen molar-refractivity contribution in [3.8, 4) is 12.5 Å². The van der Waals surface area contributed by atoms with Crippen LogP contribution >= 0.6 is 0 Å². The van der Waals surface area contributed by atoms with E-state index >= 15 is 0 Å². The van der Waals surface area contributed by atoms with Gasteiger partial charge in [0.1, 0.15) is 0 Å². The largest absolute Gasteiger partial charge is 0.359 e. The van der Waals surface area contributed by atoms with Gasteiger partial charge < -0.3 is 5.32 Å². The van der Waals surface area contributed by atoms with Crippen LogP contribution in [0.1, 0.15) is 13.8 Å². The third-order valence-electron chi connectivity index (χ3n) is 1.02. The van der Waals surface area contributed by atoms with Crippen molar-refractivity contribution in [1.29, 1.82) is 0 Å². The van der Waals surface area contributed by atoms with E-state index in [1.165, 1.54) is 18.7 Å². The normalized spacial score (nSPS) is 6.92. The van der Waals surface area contributed by atoms with Crippen molar-refractivity contribution < 1.29 is 9.59 Å². The molecule has 0 aromatic carbocycles. The Morgan fingerprint density at radius 2 is 1.75 bits per heavy atom.